The standard InChI is InChI=1S/C22H26N2O2/c1-3-23-15-13-18-9-11-20(12-10-18)25-16-14-21-17(2)26-22(24-21)19-7-5-4-6-8-19/h4-12,23H,3,13-16H2,1-2H3. The van der Waals surface area contributed by atoms with Gasteiger partial charge in [-0.1, -0.05) is 37.3 Å². The fourth-order valence-corrected chi connectivity index (χ4v) is 2.79. The maximum absolute atomic E-state index is 5.86. The molecule has 3 rings (SSSR count). The van der Waals surface area contributed by atoms with Crippen LogP contribution in [0, 0.1) is 6.92 Å². The van der Waals surface area contributed by atoms with E-state index in [1.54, 1.807) is 0 Å². The van der Waals surface area contributed by atoms with E-state index in [0.29, 0.717) is 12.5 Å². The molecule has 0 aliphatic heterocycles. The molecule has 0 amide bonds. The van der Waals surface area contributed by atoms with Crippen LogP contribution in [0.4, 0.5) is 0 Å². The largest absolute Gasteiger partial charge is 0.493 e. The molecular weight excluding hydrogens is 324 g/mol. The molecule has 4 heteroatoms. The molecule has 26 heavy (non-hydrogen) atoms. The van der Waals surface area contributed by atoms with E-state index in [1.807, 2.05) is 49.4 Å². The Kier molecular flexibility index (Phi) is 6.45. The van der Waals surface area contributed by atoms with Gasteiger partial charge in [0.1, 0.15) is 11.5 Å². The maximum Gasteiger partial charge on any atom is 0.226 e. The highest BCUT2D eigenvalue weighted by atomic mass is 16.5. The molecule has 2 aromatic carbocycles. The van der Waals surface area contributed by atoms with Crippen LogP contribution in [0.2, 0.25) is 0 Å². The van der Waals surface area contributed by atoms with Crippen molar-refractivity contribution >= 4 is 0 Å². The van der Waals surface area contributed by atoms with Crippen LogP contribution < -0.4 is 10.1 Å². The predicted molar refractivity (Wildman–Crippen MR) is 105 cm³/mol. The Morgan fingerprint density at radius 3 is 2.50 bits per heavy atom. The Morgan fingerprint density at radius 1 is 1.00 bits per heavy atom. The van der Waals surface area contributed by atoms with Crippen molar-refractivity contribution in [1.29, 1.82) is 0 Å². The van der Waals surface area contributed by atoms with Gasteiger partial charge in [-0.05, 0) is 56.3 Å². The van der Waals surface area contributed by atoms with Crippen molar-refractivity contribution in [3.05, 3.63) is 71.6 Å². The van der Waals surface area contributed by atoms with Gasteiger partial charge in [0.05, 0.1) is 12.3 Å². The predicted octanol–water partition coefficient (Wildman–Crippen LogP) is 4.42. The summed E-state index contributed by atoms with van der Waals surface area (Å²) in [6.45, 7) is 6.67. The highest BCUT2D eigenvalue weighted by molar-refractivity contribution is 5.53. The van der Waals surface area contributed by atoms with E-state index >= 15 is 0 Å². The van der Waals surface area contributed by atoms with Crippen molar-refractivity contribution in [3.63, 3.8) is 0 Å². The Morgan fingerprint density at radius 2 is 1.77 bits per heavy atom. The molecule has 0 saturated carbocycles. The molecule has 1 heterocycles. The van der Waals surface area contributed by atoms with Gasteiger partial charge >= 0.3 is 0 Å². The minimum Gasteiger partial charge on any atom is -0.493 e. The molecular formula is C22H26N2O2. The van der Waals surface area contributed by atoms with Crippen LogP contribution in [0.5, 0.6) is 5.75 Å². The van der Waals surface area contributed by atoms with Crippen LogP contribution in [-0.2, 0) is 12.8 Å². The molecule has 1 aromatic heterocycles. The van der Waals surface area contributed by atoms with Gasteiger partial charge in [-0.2, -0.15) is 0 Å². The van der Waals surface area contributed by atoms with Gasteiger partial charge in [-0.3, -0.25) is 0 Å². The summed E-state index contributed by atoms with van der Waals surface area (Å²) < 4.78 is 11.7. The summed E-state index contributed by atoms with van der Waals surface area (Å²) in [4.78, 5) is 4.61. The van der Waals surface area contributed by atoms with Gasteiger partial charge < -0.3 is 14.5 Å². The first-order valence-corrected chi connectivity index (χ1v) is 9.20. The number of aryl methyl sites for hydroxylation is 1. The molecule has 0 spiro atoms. The van der Waals surface area contributed by atoms with Gasteiger partial charge in [0.2, 0.25) is 5.89 Å². The van der Waals surface area contributed by atoms with Crippen LogP contribution in [-0.4, -0.2) is 24.7 Å². The lowest BCUT2D eigenvalue weighted by atomic mass is 10.1. The summed E-state index contributed by atoms with van der Waals surface area (Å²) in [6, 6.07) is 18.3. The number of ether oxygens (including phenoxy) is 1. The molecule has 3 aromatic rings. The zero-order chi connectivity index (χ0) is 18.2. The van der Waals surface area contributed by atoms with Crippen molar-refractivity contribution in [3.8, 4) is 17.2 Å². The summed E-state index contributed by atoms with van der Waals surface area (Å²) >= 11 is 0. The Balaban J connectivity index is 1.51. The monoisotopic (exact) mass is 350 g/mol. The fraction of sp³-hybridized carbons (Fsp3) is 0.318. The van der Waals surface area contributed by atoms with Gasteiger partial charge in [0, 0.05) is 12.0 Å². The number of likely N-dealkylation sites (N-methyl/N-ethyl adjacent to an activating group) is 1. The minimum atomic E-state index is 0.582. The summed E-state index contributed by atoms with van der Waals surface area (Å²) in [5.74, 6) is 2.41. The highest BCUT2D eigenvalue weighted by Crippen LogP contribution is 2.22. The molecule has 0 unspecified atom stereocenters. The number of aromatic nitrogens is 1. The molecule has 0 aliphatic rings. The van der Waals surface area contributed by atoms with E-state index in [0.717, 1.165) is 48.7 Å². The smallest absolute Gasteiger partial charge is 0.226 e. The average molecular weight is 350 g/mol. The number of rotatable bonds is 9. The van der Waals surface area contributed by atoms with E-state index in [4.69, 9.17) is 9.15 Å². The van der Waals surface area contributed by atoms with Gasteiger partial charge in [0.25, 0.3) is 0 Å². The van der Waals surface area contributed by atoms with Crippen LogP contribution in [0.25, 0.3) is 11.5 Å². The lowest BCUT2D eigenvalue weighted by Crippen LogP contribution is -2.15. The molecule has 4 nitrogen and oxygen atoms in total. The Bertz CT molecular complexity index is 795. The van der Waals surface area contributed by atoms with Crippen molar-refractivity contribution in [2.24, 2.45) is 0 Å². The van der Waals surface area contributed by atoms with Crippen LogP contribution in [0.1, 0.15) is 23.9 Å². The third-order valence-electron chi connectivity index (χ3n) is 4.28. The van der Waals surface area contributed by atoms with Gasteiger partial charge in [0.15, 0.2) is 0 Å². The first kappa shape index (κ1) is 18.2. The first-order valence-electron chi connectivity index (χ1n) is 9.20. The first-order chi connectivity index (χ1) is 12.8. The maximum atomic E-state index is 5.86. The van der Waals surface area contributed by atoms with E-state index in [9.17, 15) is 0 Å². The summed E-state index contributed by atoms with van der Waals surface area (Å²) in [5, 5.41) is 3.34. The van der Waals surface area contributed by atoms with Crippen LogP contribution in [0.3, 0.4) is 0 Å². The Labute approximate surface area is 155 Å². The SMILES string of the molecule is CCNCCc1ccc(OCCc2nc(-c3ccccc3)oc2C)cc1. The summed E-state index contributed by atoms with van der Waals surface area (Å²) in [7, 11) is 0. The zero-order valence-corrected chi connectivity index (χ0v) is 15.5. The van der Waals surface area contributed by atoms with Crippen molar-refractivity contribution in [1.82, 2.24) is 10.3 Å². The van der Waals surface area contributed by atoms with E-state index < -0.39 is 0 Å². The van der Waals surface area contributed by atoms with Crippen LogP contribution >= 0.6 is 0 Å². The van der Waals surface area contributed by atoms with Gasteiger partial charge in [-0.25, -0.2) is 4.98 Å². The lowest BCUT2D eigenvalue weighted by molar-refractivity contribution is 0.320. The summed E-state index contributed by atoms with van der Waals surface area (Å²) in [5.41, 5.74) is 3.26. The van der Waals surface area contributed by atoms with E-state index in [2.05, 4.69) is 29.4 Å². The Hall–Kier alpha value is -2.59. The number of hydrogen-bond donors (Lipinski definition) is 1. The average Bonchev–Trinajstić information content (AvgIpc) is 3.05. The van der Waals surface area contributed by atoms with Crippen molar-refractivity contribution < 1.29 is 9.15 Å². The second-order valence-corrected chi connectivity index (χ2v) is 6.23. The van der Waals surface area contributed by atoms with E-state index in [-0.39, 0.29) is 0 Å². The van der Waals surface area contributed by atoms with Crippen molar-refractivity contribution in [2.45, 2.75) is 26.7 Å². The third kappa shape index (κ3) is 4.96. The third-order valence-corrected chi connectivity index (χ3v) is 4.28. The number of hydrogen-bond acceptors (Lipinski definition) is 4. The minimum absolute atomic E-state index is 0.582. The number of nitrogens with zero attached hydrogens (tertiary/aromatic N) is 1. The van der Waals surface area contributed by atoms with Gasteiger partial charge in [-0.15, -0.1) is 0 Å². The second kappa shape index (κ2) is 9.20. The molecule has 1 N–H and O–H groups in total. The number of benzene rings is 2. The number of nitrogens with one attached hydrogen (secondary N) is 1. The summed E-state index contributed by atoms with van der Waals surface area (Å²) in [6.07, 6.45) is 1.76. The topological polar surface area (TPSA) is 47.3 Å². The zero-order valence-electron chi connectivity index (χ0n) is 15.5. The molecule has 0 fully saturated rings. The normalized spacial score (nSPS) is 10.8. The van der Waals surface area contributed by atoms with Crippen LogP contribution in [0.15, 0.2) is 59.0 Å². The molecule has 0 aliphatic carbocycles. The molecule has 136 valence electrons. The second-order valence-electron chi connectivity index (χ2n) is 6.23. The number of oxazole rings is 1. The molecule has 0 radical (unpaired) electrons. The fourth-order valence-electron chi connectivity index (χ4n) is 2.79. The van der Waals surface area contributed by atoms with E-state index in [1.165, 1.54) is 5.56 Å². The highest BCUT2D eigenvalue weighted by Gasteiger charge is 2.11. The molecule has 0 bridgehead atoms. The molecule has 0 atom stereocenters. The molecule has 0 saturated heterocycles. The quantitative estimate of drug-likeness (QED) is 0.580. The van der Waals surface area contributed by atoms with Crippen molar-refractivity contribution in [2.75, 3.05) is 19.7 Å². The lowest BCUT2D eigenvalue weighted by Gasteiger charge is -2.07.